The Balaban J connectivity index is 2.73. The fraction of sp³-hybridized carbons (Fsp3) is 0.182. The first-order valence-electron chi connectivity index (χ1n) is 4.41. The van der Waals surface area contributed by atoms with Gasteiger partial charge in [0.15, 0.2) is 0 Å². The molecule has 0 aromatic heterocycles. The first kappa shape index (κ1) is 12.1. The van der Waals surface area contributed by atoms with Crippen molar-refractivity contribution in [1.82, 2.24) is 5.32 Å². The maximum Gasteiger partial charge on any atom is 0.262 e. The summed E-state index contributed by atoms with van der Waals surface area (Å²) < 4.78 is 0. The lowest BCUT2D eigenvalue weighted by Gasteiger charge is -2.13. The van der Waals surface area contributed by atoms with Gasteiger partial charge in [0.1, 0.15) is 0 Å². The van der Waals surface area contributed by atoms with Gasteiger partial charge in [-0.05, 0) is 24.6 Å². The SMILES string of the molecule is C=C(Cl)C(=O)NC(C)c1cccc(Cl)c1. The summed E-state index contributed by atoms with van der Waals surface area (Å²) in [4.78, 5) is 11.2. The molecule has 0 aliphatic heterocycles. The van der Waals surface area contributed by atoms with E-state index in [0.29, 0.717) is 5.02 Å². The standard InChI is InChI=1S/C11H11Cl2NO/c1-7(12)11(15)14-8(2)9-4-3-5-10(13)6-9/h3-6,8H,1H2,2H3,(H,14,15). The molecule has 0 aliphatic rings. The van der Waals surface area contributed by atoms with Crippen LogP contribution < -0.4 is 5.32 Å². The Morgan fingerprint density at radius 3 is 2.73 bits per heavy atom. The number of rotatable bonds is 3. The van der Waals surface area contributed by atoms with Crippen molar-refractivity contribution < 1.29 is 4.79 Å². The summed E-state index contributed by atoms with van der Waals surface area (Å²) in [5.41, 5.74) is 0.925. The van der Waals surface area contributed by atoms with E-state index in [1.54, 1.807) is 12.1 Å². The molecule has 0 bridgehead atoms. The van der Waals surface area contributed by atoms with Crippen LogP contribution in [0.15, 0.2) is 35.9 Å². The van der Waals surface area contributed by atoms with Crippen LogP contribution in [0, 0.1) is 0 Å². The number of hydrogen-bond acceptors (Lipinski definition) is 1. The van der Waals surface area contributed by atoms with Gasteiger partial charge in [0.05, 0.1) is 11.1 Å². The maximum atomic E-state index is 11.2. The largest absolute Gasteiger partial charge is 0.345 e. The van der Waals surface area contributed by atoms with Crippen LogP contribution in [0.5, 0.6) is 0 Å². The van der Waals surface area contributed by atoms with E-state index < -0.39 is 0 Å². The zero-order chi connectivity index (χ0) is 11.4. The molecule has 1 atom stereocenters. The van der Waals surface area contributed by atoms with Gasteiger partial charge in [-0.25, -0.2) is 0 Å². The first-order valence-corrected chi connectivity index (χ1v) is 5.17. The van der Waals surface area contributed by atoms with Crippen LogP contribution in [0.3, 0.4) is 0 Å². The van der Waals surface area contributed by atoms with Crippen LogP contribution in [0.1, 0.15) is 18.5 Å². The number of carbonyl (C=O) groups is 1. The molecule has 0 fully saturated rings. The summed E-state index contributed by atoms with van der Waals surface area (Å²) in [5, 5.41) is 3.31. The average molecular weight is 244 g/mol. The van der Waals surface area contributed by atoms with Crippen molar-refractivity contribution in [2.75, 3.05) is 0 Å². The Kier molecular flexibility index (Phi) is 4.18. The minimum Gasteiger partial charge on any atom is -0.345 e. The molecule has 0 saturated heterocycles. The topological polar surface area (TPSA) is 29.1 Å². The number of carbonyl (C=O) groups excluding carboxylic acids is 1. The number of hydrogen-bond donors (Lipinski definition) is 1. The lowest BCUT2D eigenvalue weighted by molar-refractivity contribution is -0.117. The van der Waals surface area contributed by atoms with Crippen LogP contribution >= 0.6 is 23.2 Å². The highest BCUT2D eigenvalue weighted by Crippen LogP contribution is 2.17. The quantitative estimate of drug-likeness (QED) is 0.812. The number of halogens is 2. The normalized spacial score (nSPS) is 11.9. The second kappa shape index (κ2) is 5.19. The molecule has 1 aromatic rings. The Bertz CT molecular complexity index is 390. The smallest absolute Gasteiger partial charge is 0.262 e. The summed E-state index contributed by atoms with van der Waals surface area (Å²) in [6, 6.07) is 7.14. The molecule has 4 heteroatoms. The minimum atomic E-state index is -0.371. The molecule has 15 heavy (non-hydrogen) atoms. The Hall–Kier alpha value is -0.990. The van der Waals surface area contributed by atoms with Crippen molar-refractivity contribution in [2.24, 2.45) is 0 Å². The number of amides is 1. The van der Waals surface area contributed by atoms with Crippen molar-refractivity contribution in [2.45, 2.75) is 13.0 Å². The third-order valence-electron chi connectivity index (χ3n) is 1.94. The zero-order valence-electron chi connectivity index (χ0n) is 8.26. The second-order valence-electron chi connectivity index (χ2n) is 3.16. The van der Waals surface area contributed by atoms with E-state index >= 15 is 0 Å². The molecule has 1 rings (SSSR count). The Morgan fingerprint density at radius 2 is 2.20 bits per heavy atom. The van der Waals surface area contributed by atoms with E-state index in [4.69, 9.17) is 23.2 Å². The molecule has 1 N–H and O–H groups in total. The molecule has 0 saturated carbocycles. The van der Waals surface area contributed by atoms with Crippen LogP contribution in [0.4, 0.5) is 0 Å². The summed E-state index contributed by atoms with van der Waals surface area (Å²) in [7, 11) is 0. The van der Waals surface area contributed by atoms with Gasteiger partial charge < -0.3 is 5.32 Å². The van der Waals surface area contributed by atoms with Crippen molar-refractivity contribution in [3.63, 3.8) is 0 Å². The Labute approximate surface area is 98.9 Å². The maximum absolute atomic E-state index is 11.2. The van der Waals surface area contributed by atoms with E-state index in [9.17, 15) is 4.79 Å². The minimum absolute atomic E-state index is 0.0242. The van der Waals surface area contributed by atoms with Gasteiger partial charge in [-0.2, -0.15) is 0 Å². The van der Waals surface area contributed by atoms with Crippen LogP contribution in [0.2, 0.25) is 5.02 Å². The summed E-state index contributed by atoms with van der Waals surface area (Å²) in [5.74, 6) is -0.371. The monoisotopic (exact) mass is 243 g/mol. The van der Waals surface area contributed by atoms with Crippen molar-refractivity contribution in [3.8, 4) is 0 Å². The van der Waals surface area contributed by atoms with Gasteiger partial charge in [-0.1, -0.05) is 41.9 Å². The summed E-state index contributed by atoms with van der Waals surface area (Å²) in [6.45, 7) is 5.20. The van der Waals surface area contributed by atoms with E-state index in [0.717, 1.165) is 5.56 Å². The molecular weight excluding hydrogens is 233 g/mol. The van der Waals surface area contributed by atoms with Crippen molar-refractivity contribution in [1.29, 1.82) is 0 Å². The lowest BCUT2D eigenvalue weighted by Crippen LogP contribution is -2.26. The van der Waals surface area contributed by atoms with Crippen molar-refractivity contribution >= 4 is 29.1 Å². The molecule has 2 nitrogen and oxygen atoms in total. The molecule has 80 valence electrons. The zero-order valence-corrected chi connectivity index (χ0v) is 9.77. The predicted molar refractivity (Wildman–Crippen MR) is 63.0 cm³/mol. The highest BCUT2D eigenvalue weighted by Gasteiger charge is 2.10. The first-order chi connectivity index (χ1) is 7.00. The molecule has 0 heterocycles. The lowest BCUT2D eigenvalue weighted by atomic mass is 10.1. The average Bonchev–Trinajstić information content (AvgIpc) is 2.17. The third kappa shape index (κ3) is 3.57. The third-order valence-corrected chi connectivity index (χ3v) is 2.35. The molecule has 1 amide bonds. The van der Waals surface area contributed by atoms with Crippen molar-refractivity contribution in [3.05, 3.63) is 46.5 Å². The van der Waals surface area contributed by atoms with E-state index in [1.807, 2.05) is 19.1 Å². The number of nitrogens with one attached hydrogen (secondary N) is 1. The molecular formula is C11H11Cl2NO. The molecule has 1 aromatic carbocycles. The van der Waals surface area contributed by atoms with Gasteiger partial charge in [0.2, 0.25) is 0 Å². The summed E-state index contributed by atoms with van der Waals surface area (Å²) >= 11 is 11.3. The van der Waals surface area contributed by atoms with Gasteiger partial charge >= 0.3 is 0 Å². The molecule has 0 aliphatic carbocycles. The van der Waals surface area contributed by atoms with E-state index in [-0.39, 0.29) is 17.0 Å². The van der Waals surface area contributed by atoms with Crippen LogP contribution in [-0.4, -0.2) is 5.91 Å². The fourth-order valence-corrected chi connectivity index (χ4v) is 1.39. The molecule has 0 radical (unpaired) electrons. The second-order valence-corrected chi connectivity index (χ2v) is 4.05. The van der Waals surface area contributed by atoms with Crippen LogP contribution in [0.25, 0.3) is 0 Å². The fourth-order valence-electron chi connectivity index (χ4n) is 1.13. The highest BCUT2D eigenvalue weighted by atomic mass is 35.5. The van der Waals surface area contributed by atoms with E-state index in [2.05, 4.69) is 11.9 Å². The predicted octanol–water partition coefficient (Wildman–Crippen LogP) is 3.27. The van der Waals surface area contributed by atoms with E-state index in [1.165, 1.54) is 0 Å². The van der Waals surface area contributed by atoms with Crippen LogP contribution in [-0.2, 0) is 4.79 Å². The Morgan fingerprint density at radius 1 is 1.53 bits per heavy atom. The molecule has 0 spiro atoms. The van der Waals surface area contributed by atoms with Gasteiger partial charge in [0, 0.05) is 5.02 Å². The van der Waals surface area contributed by atoms with Gasteiger partial charge in [0.25, 0.3) is 5.91 Å². The highest BCUT2D eigenvalue weighted by molar-refractivity contribution is 6.41. The number of benzene rings is 1. The molecule has 1 unspecified atom stereocenters. The van der Waals surface area contributed by atoms with Gasteiger partial charge in [-0.3, -0.25) is 4.79 Å². The van der Waals surface area contributed by atoms with Gasteiger partial charge in [-0.15, -0.1) is 0 Å². The summed E-state index contributed by atoms with van der Waals surface area (Å²) in [6.07, 6.45) is 0.